The molecule has 144 valence electrons. The van der Waals surface area contributed by atoms with E-state index in [9.17, 15) is 19.2 Å². The summed E-state index contributed by atoms with van der Waals surface area (Å²) in [6.07, 6.45) is 5.10. The molecule has 2 heterocycles. The number of aromatic nitrogens is 2. The van der Waals surface area contributed by atoms with Gasteiger partial charge in [0.05, 0.1) is 11.0 Å². The average Bonchev–Trinajstić information content (AvgIpc) is 2.89. The number of benzene rings is 1. The second-order valence-electron chi connectivity index (χ2n) is 6.88. The number of imidazole rings is 1. The monoisotopic (exact) mass is 372 g/mol. The highest BCUT2D eigenvalue weighted by molar-refractivity contribution is 6.00. The van der Waals surface area contributed by atoms with Gasteiger partial charge in [-0.3, -0.25) is 28.8 Å². The second kappa shape index (κ2) is 8.20. The number of hydrogen-bond donors (Lipinski definition) is 2. The summed E-state index contributed by atoms with van der Waals surface area (Å²) in [6, 6.07) is 5.19. The summed E-state index contributed by atoms with van der Waals surface area (Å²) in [5.74, 6) is -0.718. The lowest BCUT2D eigenvalue weighted by atomic mass is 10.0. The zero-order valence-electron chi connectivity index (χ0n) is 15.4. The number of unbranched alkanes of at least 4 members (excludes halogenated alkanes) is 2. The van der Waals surface area contributed by atoms with Crippen molar-refractivity contribution in [1.29, 1.82) is 0 Å². The summed E-state index contributed by atoms with van der Waals surface area (Å²) < 4.78 is 3.04. The summed E-state index contributed by atoms with van der Waals surface area (Å²) in [6.45, 7) is 0.686. The van der Waals surface area contributed by atoms with Gasteiger partial charge in [-0.15, -0.1) is 0 Å². The predicted octanol–water partition coefficient (Wildman–Crippen LogP) is 0.777. The third kappa shape index (κ3) is 3.94. The van der Waals surface area contributed by atoms with Gasteiger partial charge in [-0.2, -0.15) is 0 Å². The number of piperidine rings is 1. The Labute approximate surface area is 156 Å². The molecule has 8 nitrogen and oxygen atoms in total. The first-order valence-electron chi connectivity index (χ1n) is 9.23. The third-order valence-corrected chi connectivity index (χ3v) is 5.05. The molecule has 3 amide bonds. The van der Waals surface area contributed by atoms with E-state index in [1.807, 2.05) is 18.2 Å². The van der Waals surface area contributed by atoms with E-state index in [2.05, 4.69) is 10.6 Å². The number of fused-ring (bicyclic) bond motifs is 1. The van der Waals surface area contributed by atoms with Crippen LogP contribution in [0.25, 0.3) is 11.0 Å². The maximum atomic E-state index is 12.7. The van der Waals surface area contributed by atoms with E-state index in [-0.39, 0.29) is 18.0 Å². The van der Waals surface area contributed by atoms with Crippen molar-refractivity contribution in [3.05, 3.63) is 34.2 Å². The molecule has 2 aromatic rings. The van der Waals surface area contributed by atoms with Crippen molar-refractivity contribution in [3.8, 4) is 0 Å². The molecule has 0 aliphatic carbocycles. The van der Waals surface area contributed by atoms with Crippen molar-refractivity contribution >= 4 is 29.3 Å². The lowest BCUT2D eigenvalue weighted by Gasteiger charge is -2.21. The summed E-state index contributed by atoms with van der Waals surface area (Å²) in [5.41, 5.74) is 2.36. The van der Waals surface area contributed by atoms with Crippen LogP contribution in [0.2, 0.25) is 0 Å². The van der Waals surface area contributed by atoms with Crippen molar-refractivity contribution in [2.75, 3.05) is 6.54 Å². The Balaban J connectivity index is 1.79. The Bertz CT molecular complexity index is 928. The van der Waals surface area contributed by atoms with Crippen LogP contribution in [0, 0.1) is 0 Å². The molecular formula is C19H24N4O4. The maximum absolute atomic E-state index is 12.7. The highest BCUT2D eigenvalue weighted by Crippen LogP contribution is 2.24. The van der Waals surface area contributed by atoms with Gasteiger partial charge in [0.25, 0.3) is 0 Å². The minimum atomic E-state index is -0.657. The van der Waals surface area contributed by atoms with E-state index < -0.39 is 11.9 Å². The molecule has 1 aromatic heterocycles. The smallest absolute Gasteiger partial charge is 0.329 e. The van der Waals surface area contributed by atoms with E-state index in [4.69, 9.17) is 0 Å². The van der Waals surface area contributed by atoms with E-state index >= 15 is 0 Å². The van der Waals surface area contributed by atoms with Crippen molar-refractivity contribution in [1.82, 2.24) is 19.8 Å². The van der Waals surface area contributed by atoms with E-state index in [0.717, 1.165) is 36.8 Å². The molecular weight excluding hydrogens is 348 g/mol. The zero-order valence-corrected chi connectivity index (χ0v) is 15.4. The SMILES string of the molecule is Cn1c(=O)n(C2CCC(=O)NC2=O)c2ccc(CCCCCNC=O)cc21. The highest BCUT2D eigenvalue weighted by atomic mass is 16.2. The van der Waals surface area contributed by atoms with E-state index in [0.29, 0.717) is 24.9 Å². The topological polar surface area (TPSA) is 102 Å². The summed E-state index contributed by atoms with van der Waals surface area (Å²) >= 11 is 0. The molecule has 1 aliphatic rings. The normalized spacial score (nSPS) is 17.1. The lowest BCUT2D eigenvalue weighted by molar-refractivity contribution is -0.135. The molecule has 0 bridgehead atoms. The zero-order chi connectivity index (χ0) is 19.4. The van der Waals surface area contributed by atoms with Gasteiger partial charge in [0.2, 0.25) is 18.2 Å². The first-order chi connectivity index (χ1) is 13.0. The van der Waals surface area contributed by atoms with E-state index in [1.165, 1.54) is 4.57 Å². The third-order valence-electron chi connectivity index (χ3n) is 5.05. The van der Waals surface area contributed by atoms with Crippen LogP contribution < -0.4 is 16.3 Å². The Morgan fingerprint density at radius 3 is 2.74 bits per heavy atom. The number of rotatable bonds is 8. The molecule has 1 aromatic carbocycles. The Morgan fingerprint density at radius 2 is 2.00 bits per heavy atom. The number of carbonyl (C=O) groups excluding carboxylic acids is 3. The maximum Gasteiger partial charge on any atom is 0.329 e. The van der Waals surface area contributed by atoms with Gasteiger partial charge in [-0.05, 0) is 43.4 Å². The van der Waals surface area contributed by atoms with Crippen molar-refractivity contribution in [2.24, 2.45) is 7.05 Å². The number of aryl methyl sites for hydroxylation is 2. The Morgan fingerprint density at radius 1 is 1.19 bits per heavy atom. The molecule has 2 N–H and O–H groups in total. The number of imide groups is 1. The predicted molar refractivity (Wildman–Crippen MR) is 100 cm³/mol. The van der Waals surface area contributed by atoms with Crippen LogP contribution in [0.1, 0.15) is 43.7 Å². The number of nitrogens with one attached hydrogen (secondary N) is 2. The fourth-order valence-electron chi connectivity index (χ4n) is 3.59. The van der Waals surface area contributed by atoms with Gasteiger partial charge < -0.3 is 5.32 Å². The minimum Gasteiger partial charge on any atom is -0.359 e. The van der Waals surface area contributed by atoms with Gasteiger partial charge >= 0.3 is 5.69 Å². The largest absolute Gasteiger partial charge is 0.359 e. The van der Waals surface area contributed by atoms with E-state index in [1.54, 1.807) is 11.6 Å². The molecule has 0 spiro atoms. The summed E-state index contributed by atoms with van der Waals surface area (Å²) in [7, 11) is 1.70. The standard InChI is InChI=1S/C19H24N4O4/c1-22-16-11-13(5-3-2-4-10-20-12-24)6-7-14(16)23(19(22)27)15-8-9-17(25)21-18(15)26/h6-7,11-12,15H,2-5,8-10H2,1H3,(H,20,24)(H,21,25,26). The van der Waals surface area contributed by atoms with Crippen LogP contribution in [0.4, 0.5) is 0 Å². The molecule has 1 atom stereocenters. The molecule has 8 heteroatoms. The van der Waals surface area contributed by atoms with Crippen molar-refractivity contribution in [2.45, 2.75) is 44.6 Å². The number of carbonyl (C=O) groups is 3. The van der Waals surface area contributed by atoms with Gasteiger partial charge in [0.15, 0.2) is 0 Å². The molecule has 3 rings (SSSR count). The van der Waals surface area contributed by atoms with Crippen molar-refractivity contribution < 1.29 is 14.4 Å². The first-order valence-corrected chi connectivity index (χ1v) is 9.23. The molecule has 1 saturated heterocycles. The van der Waals surface area contributed by atoms with Crippen molar-refractivity contribution in [3.63, 3.8) is 0 Å². The van der Waals surface area contributed by atoms with Gasteiger partial charge in [-0.25, -0.2) is 4.79 Å². The fraction of sp³-hybridized carbons (Fsp3) is 0.474. The minimum absolute atomic E-state index is 0.232. The van der Waals surface area contributed by atoms with Crippen LogP contribution in [0.3, 0.4) is 0 Å². The summed E-state index contributed by atoms with van der Waals surface area (Å²) in [5, 5.41) is 4.97. The number of amides is 3. The molecule has 1 unspecified atom stereocenters. The van der Waals surface area contributed by atoms with Crippen LogP contribution in [-0.2, 0) is 27.9 Å². The fourth-order valence-corrected chi connectivity index (χ4v) is 3.59. The average molecular weight is 372 g/mol. The Kier molecular flexibility index (Phi) is 5.73. The molecule has 0 radical (unpaired) electrons. The number of hydrogen-bond acceptors (Lipinski definition) is 4. The highest BCUT2D eigenvalue weighted by Gasteiger charge is 2.31. The molecule has 1 fully saturated rings. The first kappa shape index (κ1) is 18.9. The molecule has 1 aliphatic heterocycles. The molecule has 27 heavy (non-hydrogen) atoms. The summed E-state index contributed by atoms with van der Waals surface area (Å²) in [4.78, 5) is 46.5. The van der Waals surface area contributed by atoms with Gasteiger partial charge in [0, 0.05) is 20.0 Å². The quantitative estimate of drug-likeness (QED) is 0.406. The van der Waals surface area contributed by atoms with Crippen LogP contribution in [-0.4, -0.2) is 33.9 Å². The Hall–Kier alpha value is -2.90. The second-order valence-corrected chi connectivity index (χ2v) is 6.88. The molecule has 0 saturated carbocycles. The van der Waals surface area contributed by atoms with Gasteiger partial charge in [0.1, 0.15) is 6.04 Å². The van der Waals surface area contributed by atoms with Gasteiger partial charge in [-0.1, -0.05) is 12.5 Å². The van der Waals surface area contributed by atoms with Crippen LogP contribution >= 0.6 is 0 Å². The van der Waals surface area contributed by atoms with Crippen LogP contribution in [0.5, 0.6) is 0 Å². The van der Waals surface area contributed by atoms with Crippen LogP contribution in [0.15, 0.2) is 23.0 Å². The lowest BCUT2D eigenvalue weighted by Crippen LogP contribution is -2.44. The number of nitrogens with zero attached hydrogens (tertiary/aromatic N) is 2.